The molecule has 2 aromatic carbocycles. The van der Waals surface area contributed by atoms with Crippen LogP contribution in [0, 0.1) is 0 Å². The minimum absolute atomic E-state index is 0.154. The molecule has 0 aliphatic carbocycles. The number of hydrogen-bond donors (Lipinski definition) is 2. The summed E-state index contributed by atoms with van der Waals surface area (Å²) in [7, 11) is 0. The maximum Gasteiger partial charge on any atom is 0.335 e. The number of amides is 1. The molecule has 3 aromatic rings. The SMILES string of the molecule is O=C(CSC1=Nc2ccccc2CC1)Nc1nc2ccc(C(=O)O)cc2s1. The van der Waals surface area contributed by atoms with Crippen molar-refractivity contribution in [2.24, 2.45) is 4.99 Å². The molecule has 4 rings (SSSR count). The molecule has 8 heteroatoms. The Morgan fingerprint density at radius 1 is 1.19 bits per heavy atom. The lowest BCUT2D eigenvalue weighted by atomic mass is 10.1. The molecular weight excluding hydrogens is 382 g/mol. The van der Waals surface area contributed by atoms with E-state index in [1.54, 1.807) is 12.1 Å². The zero-order valence-electron chi connectivity index (χ0n) is 14.1. The fourth-order valence-corrected chi connectivity index (χ4v) is 4.48. The van der Waals surface area contributed by atoms with Gasteiger partial charge in [-0.2, -0.15) is 0 Å². The number of hydrogen-bond acceptors (Lipinski definition) is 6. The largest absolute Gasteiger partial charge is 0.478 e. The number of aromatic carboxylic acids is 1. The summed E-state index contributed by atoms with van der Waals surface area (Å²) < 4.78 is 0.728. The van der Waals surface area contributed by atoms with Crippen molar-refractivity contribution in [1.29, 1.82) is 0 Å². The molecule has 2 N–H and O–H groups in total. The molecule has 0 saturated heterocycles. The van der Waals surface area contributed by atoms with Gasteiger partial charge in [0.15, 0.2) is 5.13 Å². The van der Waals surface area contributed by atoms with Gasteiger partial charge in [0.1, 0.15) is 0 Å². The number of carboxylic acid groups (broad SMARTS) is 1. The molecule has 1 aliphatic heterocycles. The zero-order valence-corrected chi connectivity index (χ0v) is 15.8. The van der Waals surface area contributed by atoms with E-state index in [9.17, 15) is 9.59 Å². The Morgan fingerprint density at radius 2 is 2.04 bits per heavy atom. The Balaban J connectivity index is 1.39. The summed E-state index contributed by atoms with van der Waals surface area (Å²) in [5, 5.41) is 13.3. The first kappa shape index (κ1) is 17.7. The van der Waals surface area contributed by atoms with E-state index >= 15 is 0 Å². The molecule has 0 saturated carbocycles. The van der Waals surface area contributed by atoms with Gasteiger partial charge in [-0.3, -0.25) is 4.79 Å². The number of anilines is 1. The second-order valence-corrected chi connectivity index (χ2v) is 8.06. The lowest BCUT2D eigenvalue weighted by Gasteiger charge is -2.14. The topological polar surface area (TPSA) is 91.7 Å². The van der Waals surface area contributed by atoms with Crippen LogP contribution < -0.4 is 5.32 Å². The number of carboxylic acids is 1. The summed E-state index contributed by atoms with van der Waals surface area (Å²) in [6, 6.07) is 12.8. The summed E-state index contributed by atoms with van der Waals surface area (Å²) in [4.78, 5) is 32.2. The zero-order chi connectivity index (χ0) is 18.8. The van der Waals surface area contributed by atoms with Crippen molar-refractivity contribution in [1.82, 2.24) is 4.98 Å². The number of rotatable bonds is 4. The van der Waals surface area contributed by atoms with Crippen molar-refractivity contribution in [2.45, 2.75) is 12.8 Å². The van der Waals surface area contributed by atoms with Gasteiger partial charge in [0.05, 0.1) is 32.3 Å². The highest BCUT2D eigenvalue weighted by atomic mass is 32.2. The number of aromatic nitrogens is 1. The molecule has 0 fully saturated rings. The Morgan fingerprint density at radius 3 is 2.89 bits per heavy atom. The summed E-state index contributed by atoms with van der Waals surface area (Å²) in [6.45, 7) is 0. The van der Waals surface area contributed by atoms with Crippen LogP contribution in [0.2, 0.25) is 0 Å². The average molecular weight is 397 g/mol. The van der Waals surface area contributed by atoms with Gasteiger partial charge >= 0.3 is 5.97 Å². The number of carbonyl (C=O) groups excluding carboxylic acids is 1. The van der Waals surface area contributed by atoms with Crippen molar-refractivity contribution in [3.63, 3.8) is 0 Å². The van der Waals surface area contributed by atoms with Gasteiger partial charge < -0.3 is 10.4 Å². The third-order valence-corrected chi connectivity index (χ3v) is 6.07. The van der Waals surface area contributed by atoms with Crippen molar-refractivity contribution < 1.29 is 14.7 Å². The number of para-hydroxylation sites is 1. The van der Waals surface area contributed by atoms with Crippen molar-refractivity contribution in [3.8, 4) is 0 Å². The molecule has 0 bridgehead atoms. The van der Waals surface area contributed by atoms with Gasteiger partial charge in [-0.15, -0.1) is 11.8 Å². The lowest BCUT2D eigenvalue weighted by Crippen LogP contribution is -2.15. The first-order valence-electron chi connectivity index (χ1n) is 8.30. The van der Waals surface area contributed by atoms with Gasteiger partial charge in [-0.1, -0.05) is 29.5 Å². The second-order valence-electron chi connectivity index (χ2n) is 5.98. The average Bonchev–Trinajstić information content (AvgIpc) is 3.07. The van der Waals surface area contributed by atoms with E-state index < -0.39 is 5.97 Å². The number of aliphatic imine (C=N–C) groups is 1. The van der Waals surface area contributed by atoms with Gasteiger partial charge in [0, 0.05) is 0 Å². The van der Waals surface area contributed by atoms with Gasteiger partial charge in [-0.25, -0.2) is 14.8 Å². The molecule has 0 atom stereocenters. The Bertz CT molecular complexity index is 1080. The minimum Gasteiger partial charge on any atom is -0.478 e. The fourth-order valence-electron chi connectivity index (χ4n) is 2.78. The summed E-state index contributed by atoms with van der Waals surface area (Å²) >= 11 is 2.70. The number of benzene rings is 2. The molecule has 0 spiro atoms. The number of carbonyl (C=O) groups is 2. The van der Waals surface area contributed by atoms with Crippen LogP contribution in [-0.2, 0) is 11.2 Å². The lowest BCUT2D eigenvalue weighted by molar-refractivity contribution is -0.113. The normalized spacial score (nSPS) is 13.1. The third-order valence-electron chi connectivity index (χ3n) is 4.10. The molecule has 1 amide bonds. The van der Waals surface area contributed by atoms with Crippen LogP contribution in [0.1, 0.15) is 22.3 Å². The monoisotopic (exact) mass is 397 g/mol. The number of fused-ring (bicyclic) bond motifs is 2. The minimum atomic E-state index is -0.984. The Hall–Kier alpha value is -2.71. The van der Waals surface area contributed by atoms with E-state index in [0.29, 0.717) is 10.6 Å². The van der Waals surface area contributed by atoms with Crippen LogP contribution in [0.3, 0.4) is 0 Å². The standard InChI is InChI=1S/C19H15N3O3S2/c23-16(10-26-17-8-6-11-3-1-2-4-13(11)20-17)22-19-21-14-7-5-12(18(24)25)9-15(14)27-19/h1-5,7,9H,6,8,10H2,(H,24,25)(H,21,22,23). The van der Waals surface area contributed by atoms with Crippen molar-refractivity contribution in [3.05, 3.63) is 53.6 Å². The maximum atomic E-state index is 12.2. The molecular formula is C19H15N3O3S2. The van der Waals surface area contributed by atoms with Crippen LogP contribution >= 0.6 is 23.1 Å². The van der Waals surface area contributed by atoms with Crippen LogP contribution in [0.4, 0.5) is 10.8 Å². The van der Waals surface area contributed by atoms with E-state index in [0.717, 1.165) is 28.3 Å². The molecule has 1 aliphatic rings. The smallest absolute Gasteiger partial charge is 0.335 e. The van der Waals surface area contributed by atoms with E-state index in [1.807, 2.05) is 18.2 Å². The van der Waals surface area contributed by atoms with Crippen LogP contribution in [-0.4, -0.2) is 32.8 Å². The van der Waals surface area contributed by atoms with E-state index in [4.69, 9.17) is 5.11 Å². The molecule has 6 nitrogen and oxygen atoms in total. The number of thiazole rings is 1. The summed E-state index contributed by atoms with van der Waals surface area (Å²) in [5.74, 6) is -0.877. The molecule has 1 aromatic heterocycles. The highest BCUT2D eigenvalue weighted by Crippen LogP contribution is 2.29. The van der Waals surface area contributed by atoms with E-state index in [1.165, 1.54) is 34.7 Å². The van der Waals surface area contributed by atoms with Crippen LogP contribution in [0.5, 0.6) is 0 Å². The first-order chi connectivity index (χ1) is 13.1. The highest BCUT2D eigenvalue weighted by molar-refractivity contribution is 8.14. The van der Waals surface area contributed by atoms with Crippen LogP contribution in [0.25, 0.3) is 10.2 Å². The van der Waals surface area contributed by atoms with Gasteiger partial charge in [0.25, 0.3) is 0 Å². The number of nitrogens with zero attached hydrogens (tertiary/aromatic N) is 2. The quantitative estimate of drug-likeness (QED) is 0.683. The van der Waals surface area contributed by atoms with E-state index in [-0.39, 0.29) is 17.2 Å². The Kier molecular flexibility index (Phi) is 4.91. The fraction of sp³-hybridized carbons (Fsp3) is 0.158. The molecule has 0 radical (unpaired) electrons. The number of aryl methyl sites for hydroxylation is 1. The molecule has 0 unspecified atom stereocenters. The van der Waals surface area contributed by atoms with Crippen molar-refractivity contribution in [2.75, 3.05) is 11.1 Å². The molecule has 27 heavy (non-hydrogen) atoms. The predicted octanol–water partition coefficient (Wildman–Crippen LogP) is 4.34. The number of nitrogens with one attached hydrogen (secondary N) is 1. The van der Waals surface area contributed by atoms with Gasteiger partial charge in [-0.05, 0) is 42.7 Å². The van der Waals surface area contributed by atoms with E-state index in [2.05, 4.69) is 21.4 Å². The Labute approximate surface area is 163 Å². The van der Waals surface area contributed by atoms with Crippen LogP contribution in [0.15, 0.2) is 47.5 Å². The second kappa shape index (κ2) is 7.50. The number of thioether (sulfide) groups is 1. The first-order valence-corrected chi connectivity index (χ1v) is 10.1. The summed E-state index contributed by atoms with van der Waals surface area (Å²) in [6.07, 6.45) is 1.78. The summed E-state index contributed by atoms with van der Waals surface area (Å²) in [5.41, 5.74) is 3.09. The molecule has 136 valence electrons. The van der Waals surface area contributed by atoms with Gasteiger partial charge in [0.2, 0.25) is 5.91 Å². The molecule has 2 heterocycles. The third kappa shape index (κ3) is 4.01. The maximum absolute atomic E-state index is 12.2. The predicted molar refractivity (Wildman–Crippen MR) is 110 cm³/mol. The van der Waals surface area contributed by atoms with Crippen molar-refractivity contribution >= 4 is 61.1 Å². The highest BCUT2D eigenvalue weighted by Gasteiger charge is 2.15.